The van der Waals surface area contributed by atoms with Crippen LogP contribution >= 0.6 is 0 Å². The predicted octanol–water partition coefficient (Wildman–Crippen LogP) is -0.359. The second-order valence-electron chi connectivity index (χ2n) is 3.21. The molecule has 0 bridgehead atoms. The smallest absolute Gasteiger partial charge is 0.225 e. The Labute approximate surface area is 82.9 Å². The van der Waals surface area contributed by atoms with Crippen LogP contribution in [0, 0.1) is 0 Å². The molecule has 0 aliphatic carbocycles. The molecule has 14 heavy (non-hydrogen) atoms. The van der Waals surface area contributed by atoms with Crippen molar-refractivity contribution in [3.8, 4) is 0 Å². The van der Waals surface area contributed by atoms with E-state index in [-0.39, 0.29) is 6.04 Å². The molecule has 1 aliphatic heterocycles. The Morgan fingerprint density at radius 2 is 2.29 bits per heavy atom. The van der Waals surface area contributed by atoms with Crippen molar-refractivity contribution in [2.75, 3.05) is 31.2 Å². The van der Waals surface area contributed by atoms with Crippen molar-refractivity contribution < 1.29 is 4.74 Å². The van der Waals surface area contributed by atoms with Gasteiger partial charge in [0.25, 0.3) is 0 Å². The van der Waals surface area contributed by atoms with E-state index in [1.807, 2.05) is 0 Å². The Bertz CT molecular complexity index is 279. The molecule has 1 aromatic rings. The molecular formula is C9H14N4O. The van der Waals surface area contributed by atoms with E-state index in [1.165, 1.54) is 0 Å². The van der Waals surface area contributed by atoms with Gasteiger partial charge in [0, 0.05) is 25.5 Å². The zero-order valence-corrected chi connectivity index (χ0v) is 7.97. The Morgan fingerprint density at radius 1 is 1.50 bits per heavy atom. The molecule has 5 heteroatoms. The summed E-state index contributed by atoms with van der Waals surface area (Å²) in [4.78, 5) is 10.5. The lowest BCUT2D eigenvalue weighted by Gasteiger charge is -2.34. The molecular weight excluding hydrogens is 180 g/mol. The maximum atomic E-state index is 5.65. The first-order chi connectivity index (χ1) is 6.92. The van der Waals surface area contributed by atoms with Crippen molar-refractivity contribution in [1.29, 1.82) is 0 Å². The summed E-state index contributed by atoms with van der Waals surface area (Å²) in [5.41, 5.74) is 5.65. The number of hydrogen-bond donors (Lipinski definition) is 1. The van der Waals surface area contributed by atoms with Gasteiger partial charge in [-0.1, -0.05) is 0 Å². The molecule has 1 atom stereocenters. The zero-order valence-electron chi connectivity index (χ0n) is 7.97. The average Bonchev–Trinajstić information content (AvgIpc) is 2.30. The van der Waals surface area contributed by atoms with Crippen LogP contribution in [0.4, 0.5) is 5.95 Å². The Kier molecular flexibility index (Phi) is 2.90. The van der Waals surface area contributed by atoms with Crippen LogP contribution in [0.25, 0.3) is 0 Å². The highest BCUT2D eigenvalue weighted by atomic mass is 16.5. The molecule has 1 unspecified atom stereocenters. The molecule has 1 saturated heterocycles. The molecule has 0 radical (unpaired) electrons. The SMILES string of the molecule is NCC1COCCN1c1ncccn1. The molecule has 0 amide bonds. The number of hydrogen-bond acceptors (Lipinski definition) is 5. The lowest BCUT2D eigenvalue weighted by Crippen LogP contribution is -2.50. The number of nitrogens with zero attached hydrogens (tertiary/aromatic N) is 3. The minimum Gasteiger partial charge on any atom is -0.377 e. The van der Waals surface area contributed by atoms with Gasteiger partial charge in [0.05, 0.1) is 19.3 Å². The van der Waals surface area contributed by atoms with Gasteiger partial charge in [-0.15, -0.1) is 0 Å². The van der Waals surface area contributed by atoms with Crippen molar-refractivity contribution in [3.63, 3.8) is 0 Å². The first-order valence-corrected chi connectivity index (χ1v) is 4.73. The molecule has 0 saturated carbocycles. The van der Waals surface area contributed by atoms with Gasteiger partial charge in [-0.2, -0.15) is 0 Å². The fourth-order valence-corrected chi connectivity index (χ4v) is 1.55. The molecule has 0 aromatic carbocycles. The van der Waals surface area contributed by atoms with Crippen molar-refractivity contribution in [1.82, 2.24) is 9.97 Å². The number of rotatable bonds is 2. The molecule has 5 nitrogen and oxygen atoms in total. The number of aromatic nitrogens is 2. The Balaban J connectivity index is 2.15. The highest BCUT2D eigenvalue weighted by Gasteiger charge is 2.23. The molecule has 1 fully saturated rings. The second-order valence-corrected chi connectivity index (χ2v) is 3.21. The molecule has 1 aromatic heterocycles. The number of anilines is 1. The normalized spacial score (nSPS) is 22.4. The van der Waals surface area contributed by atoms with E-state index in [0.717, 1.165) is 19.1 Å². The predicted molar refractivity (Wildman–Crippen MR) is 53.0 cm³/mol. The molecule has 0 spiro atoms. The quantitative estimate of drug-likeness (QED) is 0.696. The summed E-state index contributed by atoms with van der Waals surface area (Å²) < 4.78 is 5.35. The van der Waals surface area contributed by atoms with E-state index in [1.54, 1.807) is 18.5 Å². The summed E-state index contributed by atoms with van der Waals surface area (Å²) in [6, 6.07) is 2.01. The average molecular weight is 194 g/mol. The van der Waals surface area contributed by atoms with Crippen LogP contribution in [0.2, 0.25) is 0 Å². The standard InChI is InChI=1S/C9H14N4O/c10-6-8-7-14-5-4-13(8)9-11-2-1-3-12-9/h1-3,8H,4-7,10H2. The number of nitrogens with two attached hydrogens (primary N) is 1. The largest absolute Gasteiger partial charge is 0.377 e. The maximum absolute atomic E-state index is 5.65. The Morgan fingerprint density at radius 3 is 3.00 bits per heavy atom. The fourth-order valence-electron chi connectivity index (χ4n) is 1.55. The summed E-state index contributed by atoms with van der Waals surface area (Å²) in [6.07, 6.45) is 3.48. The van der Waals surface area contributed by atoms with Crippen LogP contribution in [-0.4, -0.2) is 42.3 Å². The monoisotopic (exact) mass is 194 g/mol. The van der Waals surface area contributed by atoms with Gasteiger partial charge in [-0.3, -0.25) is 0 Å². The lowest BCUT2D eigenvalue weighted by molar-refractivity contribution is 0.0954. The van der Waals surface area contributed by atoms with Crippen LogP contribution in [0.3, 0.4) is 0 Å². The van der Waals surface area contributed by atoms with E-state index in [4.69, 9.17) is 10.5 Å². The molecule has 2 heterocycles. The van der Waals surface area contributed by atoms with E-state index < -0.39 is 0 Å². The van der Waals surface area contributed by atoms with Crippen molar-refractivity contribution >= 4 is 5.95 Å². The van der Waals surface area contributed by atoms with Crippen molar-refractivity contribution in [3.05, 3.63) is 18.5 Å². The topological polar surface area (TPSA) is 64.3 Å². The number of morpholine rings is 1. The van der Waals surface area contributed by atoms with E-state index in [9.17, 15) is 0 Å². The third-order valence-electron chi connectivity index (χ3n) is 2.31. The highest BCUT2D eigenvalue weighted by molar-refractivity contribution is 5.31. The minimum atomic E-state index is 0.200. The van der Waals surface area contributed by atoms with Gasteiger partial charge in [-0.25, -0.2) is 9.97 Å². The zero-order chi connectivity index (χ0) is 9.80. The van der Waals surface area contributed by atoms with Gasteiger partial charge < -0.3 is 15.4 Å². The first-order valence-electron chi connectivity index (χ1n) is 4.73. The van der Waals surface area contributed by atoms with Crippen LogP contribution in [-0.2, 0) is 4.74 Å². The molecule has 2 N–H and O–H groups in total. The van der Waals surface area contributed by atoms with Crippen LogP contribution < -0.4 is 10.6 Å². The molecule has 76 valence electrons. The van der Waals surface area contributed by atoms with Crippen molar-refractivity contribution in [2.45, 2.75) is 6.04 Å². The third-order valence-corrected chi connectivity index (χ3v) is 2.31. The molecule has 2 rings (SSSR count). The van der Waals surface area contributed by atoms with Crippen molar-refractivity contribution in [2.24, 2.45) is 5.73 Å². The van der Waals surface area contributed by atoms with Crippen LogP contribution in [0.15, 0.2) is 18.5 Å². The summed E-state index contributed by atoms with van der Waals surface area (Å²) in [7, 11) is 0. The van der Waals surface area contributed by atoms with Crippen LogP contribution in [0.1, 0.15) is 0 Å². The van der Waals surface area contributed by atoms with Gasteiger partial charge in [-0.05, 0) is 6.07 Å². The van der Waals surface area contributed by atoms with Gasteiger partial charge in [0.15, 0.2) is 0 Å². The van der Waals surface area contributed by atoms with Gasteiger partial charge in [0.2, 0.25) is 5.95 Å². The fraction of sp³-hybridized carbons (Fsp3) is 0.556. The first kappa shape index (κ1) is 9.36. The van der Waals surface area contributed by atoms with E-state index in [2.05, 4.69) is 14.9 Å². The number of ether oxygens (including phenoxy) is 1. The summed E-state index contributed by atoms with van der Waals surface area (Å²) in [6.45, 7) is 2.76. The minimum absolute atomic E-state index is 0.200. The summed E-state index contributed by atoms with van der Waals surface area (Å²) in [5, 5.41) is 0. The molecule has 1 aliphatic rings. The highest BCUT2D eigenvalue weighted by Crippen LogP contribution is 2.12. The van der Waals surface area contributed by atoms with E-state index in [0.29, 0.717) is 13.2 Å². The van der Waals surface area contributed by atoms with Gasteiger partial charge >= 0.3 is 0 Å². The maximum Gasteiger partial charge on any atom is 0.225 e. The Hall–Kier alpha value is -1.20. The summed E-state index contributed by atoms with van der Waals surface area (Å²) in [5.74, 6) is 0.742. The third kappa shape index (κ3) is 1.83. The van der Waals surface area contributed by atoms with Crippen LogP contribution in [0.5, 0.6) is 0 Å². The van der Waals surface area contributed by atoms with E-state index >= 15 is 0 Å². The second kappa shape index (κ2) is 4.34. The van der Waals surface area contributed by atoms with Gasteiger partial charge in [0.1, 0.15) is 0 Å². The summed E-state index contributed by atoms with van der Waals surface area (Å²) >= 11 is 0. The lowest BCUT2D eigenvalue weighted by atomic mass is 10.2.